The maximum Gasteiger partial charge on any atom is 0.0862 e. The molecule has 0 aromatic carbocycles. The highest BCUT2D eigenvalue weighted by Crippen LogP contribution is 2.13. The van der Waals surface area contributed by atoms with Gasteiger partial charge in [0.2, 0.25) is 0 Å². The lowest BCUT2D eigenvalue weighted by Crippen LogP contribution is -1.78. The standard InChI is InChI=1S/C7H10O2/c1-2-8-5-3-4-7-6-9-7/h2-3,5,7H,1,4,6H2. The second-order valence-electron chi connectivity index (χ2n) is 1.87. The van der Waals surface area contributed by atoms with E-state index >= 15 is 0 Å². The zero-order valence-corrected chi connectivity index (χ0v) is 5.25. The fourth-order valence-electron chi connectivity index (χ4n) is 0.523. The summed E-state index contributed by atoms with van der Waals surface area (Å²) in [5.74, 6) is 0. The fourth-order valence-corrected chi connectivity index (χ4v) is 0.523. The first-order valence-corrected chi connectivity index (χ1v) is 2.96. The molecule has 1 aliphatic heterocycles. The molecule has 50 valence electrons. The molecule has 1 aliphatic rings. The van der Waals surface area contributed by atoms with Crippen LogP contribution in [0.25, 0.3) is 0 Å². The molecule has 1 rings (SSSR count). The Morgan fingerprint density at radius 1 is 1.78 bits per heavy atom. The Morgan fingerprint density at radius 2 is 2.56 bits per heavy atom. The van der Waals surface area contributed by atoms with Gasteiger partial charge in [0.1, 0.15) is 0 Å². The van der Waals surface area contributed by atoms with Crippen LogP contribution in [0.15, 0.2) is 25.2 Å². The molecular weight excluding hydrogens is 116 g/mol. The van der Waals surface area contributed by atoms with E-state index in [1.54, 1.807) is 6.26 Å². The summed E-state index contributed by atoms with van der Waals surface area (Å²) < 4.78 is 9.70. The topological polar surface area (TPSA) is 21.8 Å². The first kappa shape index (κ1) is 6.36. The van der Waals surface area contributed by atoms with Gasteiger partial charge in [0.15, 0.2) is 0 Å². The van der Waals surface area contributed by atoms with Crippen LogP contribution in [0.3, 0.4) is 0 Å². The van der Waals surface area contributed by atoms with Gasteiger partial charge in [-0.1, -0.05) is 6.58 Å². The molecule has 0 amide bonds. The van der Waals surface area contributed by atoms with Crippen LogP contribution in [0.5, 0.6) is 0 Å². The molecule has 1 saturated heterocycles. The van der Waals surface area contributed by atoms with Crippen LogP contribution < -0.4 is 0 Å². The van der Waals surface area contributed by atoms with E-state index in [2.05, 4.69) is 6.58 Å². The van der Waals surface area contributed by atoms with Gasteiger partial charge in [0.25, 0.3) is 0 Å². The Bertz CT molecular complexity index is 114. The third-order valence-corrected chi connectivity index (χ3v) is 1.07. The van der Waals surface area contributed by atoms with E-state index in [9.17, 15) is 0 Å². The van der Waals surface area contributed by atoms with Gasteiger partial charge < -0.3 is 9.47 Å². The molecule has 2 nitrogen and oxygen atoms in total. The first-order chi connectivity index (χ1) is 4.43. The van der Waals surface area contributed by atoms with E-state index in [0.717, 1.165) is 13.0 Å². The zero-order valence-electron chi connectivity index (χ0n) is 5.25. The summed E-state index contributed by atoms with van der Waals surface area (Å²) in [6, 6.07) is 0. The molecule has 0 N–H and O–H groups in total. The Balaban J connectivity index is 1.94. The maximum atomic E-state index is 4.96. The number of ether oxygens (including phenoxy) is 2. The van der Waals surface area contributed by atoms with E-state index in [4.69, 9.17) is 9.47 Å². The monoisotopic (exact) mass is 126 g/mol. The molecule has 9 heavy (non-hydrogen) atoms. The molecule has 1 heterocycles. The van der Waals surface area contributed by atoms with Gasteiger partial charge in [0.05, 0.1) is 25.2 Å². The van der Waals surface area contributed by atoms with E-state index in [1.807, 2.05) is 6.08 Å². The van der Waals surface area contributed by atoms with Gasteiger partial charge in [-0.05, 0) is 12.5 Å². The minimum atomic E-state index is 0.453. The molecule has 0 spiro atoms. The predicted molar refractivity (Wildman–Crippen MR) is 34.8 cm³/mol. The highest BCUT2D eigenvalue weighted by Gasteiger charge is 2.19. The van der Waals surface area contributed by atoms with Crippen LogP contribution >= 0.6 is 0 Å². The number of epoxide rings is 1. The van der Waals surface area contributed by atoms with Crippen LogP contribution in [0.2, 0.25) is 0 Å². The van der Waals surface area contributed by atoms with Crippen molar-refractivity contribution in [2.75, 3.05) is 6.61 Å². The van der Waals surface area contributed by atoms with Crippen LogP contribution in [0.1, 0.15) is 6.42 Å². The van der Waals surface area contributed by atoms with Crippen molar-refractivity contribution in [3.63, 3.8) is 0 Å². The molecule has 0 saturated carbocycles. The van der Waals surface area contributed by atoms with E-state index in [0.29, 0.717) is 6.10 Å². The predicted octanol–water partition coefficient (Wildman–Crippen LogP) is 1.45. The molecule has 0 aromatic rings. The van der Waals surface area contributed by atoms with E-state index in [-0.39, 0.29) is 0 Å². The molecule has 0 aliphatic carbocycles. The lowest BCUT2D eigenvalue weighted by atomic mass is 10.3. The smallest absolute Gasteiger partial charge is 0.0862 e. The molecule has 0 radical (unpaired) electrons. The quantitative estimate of drug-likeness (QED) is 0.420. The second-order valence-corrected chi connectivity index (χ2v) is 1.87. The van der Waals surface area contributed by atoms with Crippen molar-refractivity contribution >= 4 is 0 Å². The van der Waals surface area contributed by atoms with Crippen LogP contribution in [0.4, 0.5) is 0 Å². The van der Waals surface area contributed by atoms with Crippen molar-refractivity contribution in [2.24, 2.45) is 0 Å². The van der Waals surface area contributed by atoms with Crippen molar-refractivity contribution in [2.45, 2.75) is 12.5 Å². The van der Waals surface area contributed by atoms with Crippen molar-refractivity contribution in [1.29, 1.82) is 0 Å². The summed E-state index contributed by atoms with van der Waals surface area (Å²) >= 11 is 0. The summed E-state index contributed by atoms with van der Waals surface area (Å²) in [6.45, 7) is 4.29. The number of hydrogen-bond donors (Lipinski definition) is 0. The van der Waals surface area contributed by atoms with Gasteiger partial charge in [0, 0.05) is 0 Å². The van der Waals surface area contributed by atoms with Crippen LogP contribution in [-0.2, 0) is 9.47 Å². The molecule has 1 atom stereocenters. The van der Waals surface area contributed by atoms with Crippen LogP contribution in [0, 0.1) is 0 Å². The summed E-state index contributed by atoms with van der Waals surface area (Å²) in [5, 5.41) is 0. The van der Waals surface area contributed by atoms with Crippen molar-refractivity contribution in [3.05, 3.63) is 25.2 Å². The minimum Gasteiger partial charge on any atom is -0.474 e. The minimum absolute atomic E-state index is 0.453. The summed E-state index contributed by atoms with van der Waals surface area (Å²) in [7, 11) is 0. The van der Waals surface area contributed by atoms with Crippen LogP contribution in [-0.4, -0.2) is 12.7 Å². The lowest BCUT2D eigenvalue weighted by Gasteiger charge is -1.85. The van der Waals surface area contributed by atoms with E-state index in [1.165, 1.54) is 6.26 Å². The van der Waals surface area contributed by atoms with Gasteiger partial charge in [-0.3, -0.25) is 0 Å². The Labute approximate surface area is 54.8 Å². The maximum absolute atomic E-state index is 4.96. The lowest BCUT2D eigenvalue weighted by molar-refractivity contribution is 0.391. The van der Waals surface area contributed by atoms with Gasteiger partial charge in [-0.15, -0.1) is 0 Å². The first-order valence-electron chi connectivity index (χ1n) is 2.96. The fraction of sp³-hybridized carbons (Fsp3) is 0.429. The second kappa shape index (κ2) is 3.30. The third kappa shape index (κ3) is 2.93. The summed E-state index contributed by atoms with van der Waals surface area (Å²) in [6.07, 6.45) is 6.35. The average Bonchev–Trinajstić information content (AvgIpc) is 2.63. The average molecular weight is 126 g/mol. The Hall–Kier alpha value is -0.760. The van der Waals surface area contributed by atoms with Gasteiger partial charge in [-0.2, -0.15) is 0 Å². The molecular formula is C7H10O2. The highest BCUT2D eigenvalue weighted by atomic mass is 16.6. The third-order valence-electron chi connectivity index (χ3n) is 1.07. The molecule has 2 heteroatoms. The van der Waals surface area contributed by atoms with Crippen molar-refractivity contribution in [3.8, 4) is 0 Å². The zero-order chi connectivity index (χ0) is 6.53. The molecule has 0 bridgehead atoms. The number of hydrogen-bond acceptors (Lipinski definition) is 2. The molecule has 0 aromatic heterocycles. The largest absolute Gasteiger partial charge is 0.474 e. The van der Waals surface area contributed by atoms with Gasteiger partial charge in [-0.25, -0.2) is 0 Å². The number of rotatable bonds is 4. The normalized spacial score (nSPS) is 24.2. The van der Waals surface area contributed by atoms with Crippen molar-refractivity contribution in [1.82, 2.24) is 0 Å². The summed E-state index contributed by atoms with van der Waals surface area (Å²) in [4.78, 5) is 0. The van der Waals surface area contributed by atoms with E-state index < -0.39 is 0 Å². The molecule has 1 fully saturated rings. The Kier molecular flexibility index (Phi) is 2.33. The highest BCUT2D eigenvalue weighted by molar-refractivity contribution is 4.83. The SMILES string of the molecule is C=COC=CCC1CO1. The van der Waals surface area contributed by atoms with Crippen molar-refractivity contribution < 1.29 is 9.47 Å². The van der Waals surface area contributed by atoms with Gasteiger partial charge >= 0.3 is 0 Å². The Morgan fingerprint density at radius 3 is 3.11 bits per heavy atom. The molecule has 1 unspecified atom stereocenters. The summed E-state index contributed by atoms with van der Waals surface area (Å²) in [5.41, 5.74) is 0.